The molecule has 5 heteroatoms. The van der Waals surface area contributed by atoms with E-state index in [4.69, 9.17) is 0 Å². The minimum atomic E-state index is -4.14. The van der Waals surface area contributed by atoms with Crippen LogP contribution in [0.15, 0.2) is 0 Å². The number of hydrazine groups is 1. The van der Waals surface area contributed by atoms with Crippen LogP contribution in [0.4, 0.5) is 13.2 Å². The number of halogens is 3. The summed E-state index contributed by atoms with van der Waals surface area (Å²) in [6.07, 6.45) is -4.14. The van der Waals surface area contributed by atoms with Crippen LogP contribution in [0, 0.1) is 11.8 Å². The second-order valence-corrected chi connectivity index (χ2v) is 3.94. The normalized spacial score (nSPS) is 31.6. The molecule has 1 N–H and O–H groups in total. The fourth-order valence-corrected chi connectivity index (χ4v) is 1.72. The summed E-state index contributed by atoms with van der Waals surface area (Å²) in [5.74, 6) is -0.297. The number of nitrogens with zero attached hydrogens (tertiary/aromatic N) is 1. The highest BCUT2D eigenvalue weighted by Gasteiger charge is 2.49. The molecule has 13 heavy (non-hydrogen) atoms. The fraction of sp³-hybridized carbons (Fsp3) is 1.00. The Labute approximate surface area is 76.1 Å². The molecule has 0 bridgehead atoms. The number of nitrogens with one attached hydrogen (secondary N) is 1. The standard InChI is InChI=1S/C8H15F3N2/c1-5(2)6-4-13(3)12-7(6)8(9,10)11/h5-7,12H,4H2,1-3H3. The van der Waals surface area contributed by atoms with E-state index < -0.39 is 12.2 Å². The van der Waals surface area contributed by atoms with Crippen molar-refractivity contribution < 1.29 is 13.2 Å². The van der Waals surface area contributed by atoms with Crippen molar-refractivity contribution in [1.29, 1.82) is 0 Å². The van der Waals surface area contributed by atoms with E-state index in [0.717, 1.165) is 0 Å². The summed E-state index contributed by atoms with van der Waals surface area (Å²) in [6, 6.07) is -1.38. The lowest BCUT2D eigenvalue weighted by Gasteiger charge is -2.23. The first kappa shape index (κ1) is 10.8. The number of hydrogen-bond acceptors (Lipinski definition) is 2. The molecule has 0 saturated carbocycles. The van der Waals surface area contributed by atoms with Crippen molar-refractivity contribution in [3.63, 3.8) is 0 Å². The Balaban J connectivity index is 2.72. The van der Waals surface area contributed by atoms with Crippen molar-refractivity contribution in [2.75, 3.05) is 13.6 Å². The lowest BCUT2D eigenvalue weighted by molar-refractivity contribution is -0.166. The van der Waals surface area contributed by atoms with Gasteiger partial charge >= 0.3 is 6.18 Å². The van der Waals surface area contributed by atoms with E-state index in [9.17, 15) is 13.2 Å². The highest BCUT2D eigenvalue weighted by molar-refractivity contribution is 4.89. The van der Waals surface area contributed by atoms with E-state index in [1.165, 1.54) is 5.01 Å². The van der Waals surface area contributed by atoms with Crippen LogP contribution < -0.4 is 5.43 Å². The molecule has 0 spiro atoms. The summed E-state index contributed by atoms with van der Waals surface area (Å²) < 4.78 is 37.4. The zero-order valence-electron chi connectivity index (χ0n) is 8.02. The summed E-state index contributed by atoms with van der Waals surface area (Å²) in [5.41, 5.74) is 2.43. The second-order valence-electron chi connectivity index (χ2n) is 3.94. The Morgan fingerprint density at radius 1 is 1.38 bits per heavy atom. The van der Waals surface area contributed by atoms with E-state index in [1.54, 1.807) is 7.05 Å². The Kier molecular flexibility index (Phi) is 2.87. The van der Waals surface area contributed by atoms with Crippen molar-refractivity contribution >= 4 is 0 Å². The number of hydrogen-bond donors (Lipinski definition) is 1. The summed E-state index contributed by atoms with van der Waals surface area (Å²) in [4.78, 5) is 0. The SMILES string of the molecule is CC(C)C1CN(C)NC1C(F)(F)F. The molecule has 1 aliphatic heterocycles. The Morgan fingerprint density at radius 2 is 1.92 bits per heavy atom. The van der Waals surface area contributed by atoms with Crippen molar-refractivity contribution in [1.82, 2.24) is 10.4 Å². The minimum Gasteiger partial charge on any atom is -0.247 e. The van der Waals surface area contributed by atoms with Crippen LogP contribution in [0.3, 0.4) is 0 Å². The summed E-state index contributed by atoms with van der Waals surface area (Å²) in [5, 5.41) is 1.52. The molecule has 78 valence electrons. The van der Waals surface area contributed by atoms with Gasteiger partial charge in [-0.25, -0.2) is 10.4 Å². The Bertz CT molecular complexity index is 179. The molecule has 1 fully saturated rings. The van der Waals surface area contributed by atoms with Gasteiger partial charge in [0.2, 0.25) is 0 Å². The van der Waals surface area contributed by atoms with E-state index in [2.05, 4.69) is 5.43 Å². The van der Waals surface area contributed by atoms with Gasteiger partial charge in [-0.05, 0) is 5.92 Å². The second kappa shape index (κ2) is 3.46. The van der Waals surface area contributed by atoms with Crippen LogP contribution in [0.25, 0.3) is 0 Å². The molecule has 0 aliphatic carbocycles. The van der Waals surface area contributed by atoms with Gasteiger partial charge in [0.15, 0.2) is 0 Å². The average Bonchev–Trinajstić information content (AvgIpc) is 2.29. The number of rotatable bonds is 1. The molecule has 0 radical (unpaired) electrons. The van der Waals surface area contributed by atoms with Crippen molar-refractivity contribution in [2.24, 2.45) is 11.8 Å². The first-order valence-electron chi connectivity index (χ1n) is 4.36. The molecule has 2 unspecified atom stereocenters. The maximum Gasteiger partial charge on any atom is 0.405 e. The largest absolute Gasteiger partial charge is 0.405 e. The highest BCUT2D eigenvalue weighted by atomic mass is 19.4. The van der Waals surface area contributed by atoms with Gasteiger partial charge in [-0.15, -0.1) is 0 Å². The molecule has 0 amide bonds. The highest BCUT2D eigenvalue weighted by Crippen LogP contribution is 2.33. The monoisotopic (exact) mass is 196 g/mol. The Hall–Kier alpha value is -0.290. The van der Waals surface area contributed by atoms with Crippen LogP contribution in [-0.2, 0) is 0 Å². The third-order valence-corrected chi connectivity index (χ3v) is 2.48. The predicted octanol–water partition coefficient (Wildman–Crippen LogP) is 1.64. The lowest BCUT2D eigenvalue weighted by Crippen LogP contribution is -2.45. The van der Waals surface area contributed by atoms with E-state index >= 15 is 0 Å². The summed E-state index contributed by atoms with van der Waals surface area (Å²) in [6.45, 7) is 4.11. The van der Waals surface area contributed by atoms with Crippen molar-refractivity contribution in [3.05, 3.63) is 0 Å². The van der Waals surface area contributed by atoms with Crippen LogP contribution in [0.1, 0.15) is 13.8 Å². The average molecular weight is 196 g/mol. The smallest absolute Gasteiger partial charge is 0.247 e. The van der Waals surface area contributed by atoms with Crippen LogP contribution >= 0.6 is 0 Å². The predicted molar refractivity (Wildman–Crippen MR) is 43.9 cm³/mol. The van der Waals surface area contributed by atoms with Crippen LogP contribution in [-0.4, -0.2) is 30.8 Å². The zero-order chi connectivity index (χ0) is 10.2. The maximum atomic E-state index is 12.5. The first-order chi connectivity index (χ1) is 5.82. The third-order valence-electron chi connectivity index (χ3n) is 2.48. The molecule has 1 saturated heterocycles. The molecular formula is C8H15F3N2. The van der Waals surface area contributed by atoms with Gasteiger partial charge in [-0.2, -0.15) is 13.2 Å². The zero-order valence-corrected chi connectivity index (χ0v) is 8.02. The van der Waals surface area contributed by atoms with Gasteiger partial charge in [0.05, 0.1) is 0 Å². The van der Waals surface area contributed by atoms with Crippen LogP contribution in [0.5, 0.6) is 0 Å². The quantitative estimate of drug-likeness (QED) is 0.685. The molecule has 1 rings (SSSR count). The van der Waals surface area contributed by atoms with Crippen LogP contribution in [0.2, 0.25) is 0 Å². The lowest BCUT2D eigenvalue weighted by atomic mass is 9.90. The topological polar surface area (TPSA) is 15.3 Å². The molecule has 0 aromatic rings. The molecule has 2 atom stereocenters. The van der Waals surface area contributed by atoms with E-state index in [1.807, 2.05) is 13.8 Å². The van der Waals surface area contributed by atoms with Crippen molar-refractivity contribution in [3.8, 4) is 0 Å². The molecular weight excluding hydrogens is 181 g/mol. The molecule has 0 aromatic carbocycles. The van der Waals surface area contributed by atoms with Crippen molar-refractivity contribution in [2.45, 2.75) is 26.1 Å². The first-order valence-corrected chi connectivity index (χ1v) is 4.36. The minimum absolute atomic E-state index is 0.0454. The van der Waals surface area contributed by atoms with Gasteiger partial charge in [0.1, 0.15) is 6.04 Å². The Morgan fingerprint density at radius 3 is 2.23 bits per heavy atom. The van der Waals surface area contributed by atoms with Gasteiger partial charge in [-0.3, -0.25) is 0 Å². The fourth-order valence-electron chi connectivity index (χ4n) is 1.72. The third kappa shape index (κ3) is 2.34. The van der Waals surface area contributed by atoms with E-state index in [0.29, 0.717) is 6.54 Å². The van der Waals surface area contributed by atoms with Gasteiger partial charge in [0.25, 0.3) is 0 Å². The van der Waals surface area contributed by atoms with Gasteiger partial charge in [0, 0.05) is 19.5 Å². The maximum absolute atomic E-state index is 12.5. The molecule has 0 aromatic heterocycles. The molecule has 1 heterocycles. The summed E-state index contributed by atoms with van der Waals surface area (Å²) in [7, 11) is 1.64. The molecule has 1 aliphatic rings. The van der Waals surface area contributed by atoms with Gasteiger partial charge < -0.3 is 0 Å². The molecule has 2 nitrogen and oxygen atoms in total. The summed E-state index contributed by atoms with van der Waals surface area (Å²) >= 11 is 0. The van der Waals surface area contributed by atoms with E-state index in [-0.39, 0.29) is 11.8 Å². The number of alkyl halides is 3. The van der Waals surface area contributed by atoms with Gasteiger partial charge in [-0.1, -0.05) is 13.8 Å².